The molecule has 128 valence electrons. The average molecular weight is 334 g/mol. The summed E-state index contributed by atoms with van der Waals surface area (Å²) in [4.78, 5) is 19.3. The summed E-state index contributed by atoms with van der Waals surface area (Å²) >= 11 is 0. The predicted molar refractivity (Wildman–Crippen MR) is 99.4 cm³/mol. The van der Waals surface area contributed by atoms with Gasteiger partial charge in [0.2, 0.25) is 0 Å². The summed E-state index contributed by atoms with van der Waals surface area (Å²) in [7, 11) is 0. The Balaban J connectivity index is 1.77. The summed E-state index contributed by atoms with van der Waals surface area (Å²) in [5, 5.41) is 0. The molecule has 3 aliphatic rings. The number of benzene rings is 1. The van der Waals surface area contributed by atoms with Crippen molar-refractivity contribution in [2.45, 2.75) is 26.2 Å². The first kappa shape index (κ1) is 15.9. The maximum atomic E-state index is 12.6. The van der Waals surface area contributed by atoms with E-state index in [0.29, 0.717) is 19.4 Å². The maximum absolute atomic E-state index is 12.6. The van der Waals surface area contributed by atoms with Gasteiger partial charge in [0.25, 0.3) is 0 Å². The van der Waals surface area contributed by atoms with Crippen LogP contribution >= 0.6 is 0 Å². The molecule has 25 heavy (non-hydrogen) atoms. The molecular weight excluding hydrogens is 312 g/mol. The van der Waals surface area contributed by atoms with Gasteiger partial charge in [0.1, 0.15) is 0 Å². The number of para-hydroxylation sites is 1. The molecule has 0 aromatic heterocycles. The van der Waals surface area contributed by atoms with Crippen LogP contribution in [0.5, 0.6) is 0 Å². The van der Waals surface area contributed by atoms with Crippen LogP contribution in [0, 0.1) is 5.92 Å². The van der Waals surface area contributed by atoms with E-state index in [-0.39, 0.29) is 11.9 Å². The van der Waals surface area contributed by atoms with Gasteiger partial charge < -0.3 is 9.64 Å². The fraction of sp³-hybridized carbons (Fsp3) is 0.333. The van der Waals surface area contributed by atoms with Crippen LogP contribution < -0.4 is 4.90 Å². The number of anilines is 1. The molecule has 1 aromatic rings. The fourth-order valence-electron chi connectivity index (χ4n) is 4.04. The van der Waals surface area contributed by atoms with Crippen LogP contribution in [0.3, 0.4) is 0 Å². The van der Waals surface area contributed by atoms with E-state index in [9.17, 15) is 4.79 Å². The van der Waals surface area contributed by atoms with Gasteiger partial charge >= 0.3 is 5.97 Å². The third kappa shape index (κ3) is 2.82. The third-order valence-corrected chi connectivity index (χ3v) is 5.13. The summed E-state index contributed by atoms with van der Waals surface area (Å²) in [6.45, 7) is 3.23. The average Bonchev–Trinajstić information content (AvgIpc) is 2.91. The third-order valence-electron chi connectivity index (χ3n) is 5.13. The van der Waals surface area contributed by atoms with Gasteiger partial charge in [-0.3, -0.25) is 9.79 Å². The van der Waals surface area contributed by atoms with E-state index in [1.165, 1.54) is 22.5 Å². The van der Waals surface area contributed by atoms with E-state index in [1.54, 1.807) is 0 Å². The normalized spacial score (nSPS) is 22.0. The van der Waals surface area contributed by atoms with Crippen molar-refractivity contribution in [2.75, 3.05) is 18.1 Å². The first-order valence-electron chi connectivity index (χ1n) is 8.92. The summed E-state index contributed by atoms with van der Waals surface area (Å²) in [6, 6.07) is 10.4. The molecule has 2 aliphatic heterocycles. The van der Waals surface area contributed by atoms with E-state index < -0.39 is 0 Å². The zero-order valence-corrected chi connectivity index (χ0v) is 14.4. The lowest BCUT2D eigenvalue weighted by Crippen LogP contribution is -2.28. The molecule has 1 unspecified atom stereocenters. The van der Waals surface area contributed by atoms with Gasteiger partial charge in [-0.15, -0.1) is 0 Å². The molecule has 4 rings (SSSR count). The van der Waals surface area contributed by atoms with Gasteiger partial charge in [-0.1, -0.05) is 18.2 Å². The zero-order valence-electron chi connectivity index (χ0n) is 14.4. The predicted octanol–water partition coefficient (Wildman–Crippen LogP) is 4.02. The Bertz CT molecular complexity index is 802. The molecule has 4 heteroatoms. The Morgan fingerprint density at radius 3 is 2.96 bits per heavy atom. The Kier molecular flexibility index (Phi) is 4.26. The Labute approximate surface area is 148 Å². The van der Waals surface area contributed by atoms with Crippen LogP contribution in [0.15, 0.2) is 70.0 Å². The van der Waals surface area contributed by atoms with Gasteiger partial charge in [0.05, 0.1) is 12.5 Å². The first-order valence-corrected chi connectivity index (χ1v) is 8.92. The van der Waals surface area contributed by atoms with Gasteiger partial charge in [0.15, 0.2) is 0 Å². The molecule has 0 fully saturated rings. The summed E-state index contributed by atoms with van der Waals surface area (Å²) in [6.07, 6.45) is 8.22. The second kappa shape index (κ2) is 6.71. The number of fused-ring (bicyclic) bond motifs is 1. The van der Waals surface area contributed by atoms with Crippen molar-refractivity contribution in [3.63, 3.8) is 0 Å². The highest BCUT2D eigenvalue weighted by Crippen LogP contribution is 2.45. The van der Waals surface area contributed by atoms with Crippen molar-refractivity contribution in [1.29, 1.82) is 0 Å². The molecule has 1 aliphatic carbocycles. The SMILES string of the molecule is CCOC(=O)C1CC2=C(CCN2c2ccccc2)C2=C1CC=NC=C2. The van der Waals surface area contributed by atoms with E-state index in [0.717, 1.165) is 18.5 Å². The molecule has 0 radical (unpaired) electrons. The van der Waals surface area contributed by atoms with E-state index in [2.05, 4.69) is 40.2 Å². The van der Waals surface area contributed by atoms with Gasteiger partial charge in [-0.05, 0) is 48.3 Å². The number of hydrogen-bond donors (Lipinski definition) is 0. The lowest BCUT2D eigenvalue weighted by atomic mass is 9.79. The number of aliphatic imine (C=N–C) groups is 1. The maximum Gasteiger partial charge on any atom is 0.313 e. The Morgan fingerprint density at radius 2 is 2.16 bits per heavy atom. The fourth-order valence-corrected chi connectivity index (χ4v) is 4.04. The molecule has 0 bridgehead atoms. The zero-order chi connectivity index (χ0) is 17.2. The van der Waals surface area contributed by atoms with Crippen LogP contribution in [0.1, 0.15) is 26.2 Å². The first-order chi connectivity index (χ1) is 12.3. The lowest BCUT2D eigenvalue weighted by Gasteiger charge is -2.31. The molecular formula is C21H22N2O2. The monoisotopic (exact) mass is 334 g/mol. The molecule has 2 heterocycles. The molecule has 0 amide bonds. The highest BCUT2D eigenvalue weighted by molar-refractivity contribution is 5.82. The van der Waals surface area contributed by atoms with Gasteiger partial charge in [-0.25, -0.2) is 0 Å². The van der Waals surface area contributed by atoms with Crippen molar-refractivity contribution in [1.82, 2.24) is 0 Å². The topological polar surface area (TPSA) is 41.9 Å². The highest BCUT2D eigenvalue weighted by atomic mass is 16.5. The van der Waals surface area contributed by atoms with Crippen LogP contribution in [-0.4, -0.2) is 25.3 Å². The van der Waals surface area contributed by atoms with Crippen LogP contribution in [0.4, 0.5) is 5.69 Å². The number of allylic oxidation sites excluding steroid dienone is 3. The molecule has 1 aromatic carbocycles. The lowest BCUT2D eigenvalue weighted by molar-refractivity contribution is -0.146. The van der Waals surface area contributed by atoms with E-state index >= 15 is 0 Å². The Hall–Kier alpha value is -2.62. The molecule has 0 saturated heterocycles. The largest absolute Gasteiger partial charge is 0.466 e. The van der Waals surface area contributed by atoms with Crippen molar-refractivity contribution in [3.8, 4) is 0 Å². The van der Waals surface area contributed by atoms with E-state index in [4.69, 9.17) is 4.74 Å². The van der Waals surface area contributed by atoms with Gasteiger partial charge in [0, 0.05) is 43.2 Å². The van der Waals surface area contributed by atoms with Crippen molar-refractivity contribution < 1.29 is 9.53 Å². The molecule has 0 spiro atoms. The van der Waals surface area contributed by atoms with E-state index in [1.807, 2.05) is 25.4 Å². The standard InChI is InChI=1S/C21H22N2O2/c1-2-25-21(24)19-14-20-18(16-8-11-22-12-9-17(16)19)10-13-23(20)15-6-4-3-5-7-15/h3-8,11-12,19H,2,9-10,13-14H2,1H3. The molecule has 4 nitrogen and oxygen atoms in total. The highest BCUT2D eigenvalue weighted by Gasteiger charge is 2.38. The number of esters is 1. The van der Waals surface area contributed by atoms with Gasteiger partial charge in [-0.2, -0.15) is 0 Å². The molecule has 1 atom stereocenters. The number of rotatable bonds is 3. The minimum atomic E-state index is -0.216. The van der Waals surface area contributed by atoms with Crippen LogP contribution in [-0.2, 0) is 9.53 Å². The number of hydrogen-bond acceptors (Lipinski definition) is 4. The molecule has 0 N–H and O–H groups in total. The number of carbonyl (C=O) groups is 1. The minimum absolute atomic E-state index is 0.120. The quantitative estimate of drug-likeness (QED) is 0.784. The minimum Gasteiger partial charge on any atom is -0.466 e. The second-order valence-electron chi connectivity index (χ2n) is 6.46. The summed E-state index contributed by atoms with van der Waals surface area (Å²) in [5.74, 6) is -0.336. The summed E-state index contributed by atoms with van der Waals surface area (Å²) in [5.41, 5.74) is 6.16. The van der Waals surface area contributed by atoms with Crippen molar-refractivity contribution in [2.24, 2.45) is 10.9 Å². The number of nitrogens with zero attached hydrogens (tertiary/aromatic N) is 2. The molecule has 0 saturated carbocycles. The smallest absolute Gasteiger partial charge is 0.313 e. The Morgan fingerprint density at radius 1 is 1.32 bits per heavy atom. The van der Waals surface area contributed by atoms with Crippen LogP contribution in [0.2, 0.25) is 0 Å². The van der Waals surface area contributed by atoms with Crippen molar-refractivity contribution in [3.05, 3.63) is 65.0 Å². The number of carbonyl (C=O) groups excluding carboxylic acids is 1. The second-order valence-corrected chi connectivity index (χ2v) is 6.46. The van der Waals surface area contributed by atoms with Crippen LogP contribution in [0.25, 0.3) is 0 Å². The van der Waals surface area contributed by atoms with Crippen molar-refractivity contribution >= 4 is 17.9 Å². The summed E-state index contributed by atoms with van der Waals surface area (Å²) < 4.78 is 5.38. The number of ether oxygens (including phenoxy) is 1.